The number of aromatic amines is 1. The smallest absolute Gasteiger partial charge is 0.153 e. The maximum Gasteiger partial charge on any atom is 0.153 e. The molecule has 5 nitrogen and oxygen atoms in total. The first-order valence-corrected chi connectivity index (χ1v) is 4.57. The molecule has 2 rings (SSSR count). The fourth-order valence-electron chi connectivity index (χ4n) is 1.38. The van der Waals surface area contributed by atoms with Crippen LogP contribution in [0.25, 0.3) is 0 Å². The fraction of sp³-hybridized carbons (Fsp3) is 0.200. The standard InChI is InChI=1S/C10H11N3O2/c14-8-3-1-2-7(4-8)5-9(15)10-11-6-12-13-10/h1-4,6,9,14-15H,5H2,(H,11,12,13). The van der Waals surface area contributed by atoms with E-state index >= 15 is 0 Å². The lowest BCUT2D eigenvalue weighted by atomic mass is 10.1. The fourth-order valence-corrected chi connectivity index (χ4v) is 1.38. The number of phenols is 1. The number of benzene rings is 1. The highest BCUT2D eigenvalue weighted by molar-refractivity contribution is 5.27. The van der Waals surface area contributed by atoms with Gasteiger partial charge in [-0.1, -0.05) is 12.1 Å². The van der Waals surface area contributed by atoms with Crippen LogP contribution in [0.5, 0.6) is 5.75 Å². The number of phenolic OH excluding ortho intramolecular Hbond substituents is 1. The summed E-state index contributed by atoms with van der Waals surface area (Å²) >= 11 is 0. The number of nitrogens with one attached hydrogen (secondary N) is 1. The van der Waals surface area contributed by atoms with E-state index in [9.17, 15) is 10.2 Å². The van der Waals surface area contributed by atoms with E-state index in [1.165, 1.54) is 6.33 Å². The number of hydrogen-bond acceptors (Lipinski definition) is 4. The van der Waals surface area contributed by atoms with E-state index in [1.54, 1.807) is 18.2 Å². The van der Waals surface area contributed by atoms with Gasteiger partial charge < -0.3 is 10.2 Å². The SMILES string of the molecule is Oc1cccc(CC(O)c2ncn[nH]2)c1. The number of aromatic nitrogens is 3. The van der Waals surface area contributed by atoms with Gasteiger partial charge in [-0.15, -0.1) is 0 Å². The lowest BCUT2D eigenvalue weighted by molar-refractivity contribution is 0.168. The topological polar surface area (TPSA) is 82.0 Å². The van der Waals surface area contributed by atoms with Crippen molar-refractivity contribution in [2.75, 3.05) is 0 Å². The van der Waals surface area contributed by atoms with E-state index in [2.05, 4.69) is 15.2 Å². The van der Waals surface area contributed by atoms with Crippen molar-refractivity contribution in [3.05, 3.63) is 42.0 Å². The molecule has 0 saturated heterocycles. The molecule has 0 aliphatic carbocycles. The van der Waals surface area contributed by atoms with Gasteiger partial charge in [0.2, 0.25) is 0 Å². The number of rotatable bonds is 3. The van der Waals surface area contributed by atoms with Gasteiger partial charge in [0.05, 0.1) is 0 Å². The second kappa shape index (κ2) is 4.10. The van der Waals surface area contributed by atoms with Crippen LogP contribution in [0.15, 0.2) is 30.6 Å². The van der Waals surface area contributed by atoms with E-state index in [0.29, 0.717) is 12.2 Å². The normalized spacial score (nSPS) is 12.6. The van der Waals surface area contributed by atoms with Gasteiger partial charge in [0.15, 0.2) is 5.82 Å². The van der Waals surface area contributed by atoms with E-state index in [1.807, 2.05) is 6.07 Å². The lowest BCUT2D eigenvalue weighted by Gasteiger charge is -2.07. The van der Waals surface area contributed by atoms with Gasteiger partial charge in [0, 0.05) is 6.42 Å². The Bertz CT molecular complexity index is 428. The minimum absolute atomic E-state index is 0.192. The molecule has 1 aromatic carbocycles. The van der Waals surface area contributed by atoms with E-state index in [4.69, 9.17) is 0 Å². The molecule has 0 bridgehead atoms. The zero-order valence-electron chi connectivity index (χ0n) is 7.96. The van der Waals surface area contributed by atoms with Crippen molar-refractivity contribution in [2.45, 2.75) is 12.5 Å². The molecule has 78 valence electrons. The maximum absolute atomic E-state index is 9.74. The monoisotopic (exact) mass is 205 g/mol. The van der Waals surface area contributed by atoms with Crippen LogP contribution >= 0.6 is 0 Å². The predicted octanol–water partition coefficient (Wildman–Crippen LogP) is 0.786. The summed E-state index contributed by atoms with van der Waals surface area (Å²) in [5.74, 6) is 0.621. The summed E-state index contributed by atoms with van der Waals surface area (Å²) < 4.78 is 0. The molecular weight excluding hydrogens is 194 g/mol. The van der Waals surface area contributed by atoms with Crippen LogP contribution in [0.2, 0.25) is 0 Å². The molecule has 0 spiro atoms. The van der Waals surface area contributed by atoms with Gasteiger partial charge in [-0.2, -0.15) is 5.10 Å². The molecule has 1 unspecified atom stereocenters. The molecule has 0 radical (unpaired) electrons. The molecule has 1 atom stereocenters. The Morgan fingerprint density at radius 1 is 1.40 bits per heavy atom. The molecule has 0 aliphatic rings. The second-order valence-corrected chi connectivity index (χ2v) is 3.26. The van der Waals surface area contributed by atoms with Crippen molar-refractivity contribution in [3.63, 3.8) is 0 Å². The quantitative estimate of drug-likeness (QED) is 0.691. The molecule has 1 aromatic heterocycles. The average molecular weight is 205 g/mol. The van der Waals surface area contributed by atoms with Gasteiger partial charge >= 0.3 is 0 Å². The molecule has 15 heavy (non-hydrogen) atoms. The summed E-state index contributed by atoms with van der Waals surface area (Å²) in [6.07, 6.45) is 1.01. The summed E-state index contributed by atoms with van der Waals surface area (Å²) in [7, 11) is 0. The molecule has 0 fully saturated rings. The van der Waals surface area contributed by atoms with Crippen molar-refractivity contribution >= 4 is 0 Å². The number of nitrogens with zero attached hydrogens (tertiary/aromatic N) is 2. The van der Waals surface area contributed by atoms with Crippen LogP contribution in [0.1, 0.15) is 17.5 Å². The third-order valence-corrected chi connectivity index (χ3v) is 2.09. The number of H-pyrrole nitrogens is 1. The number of hydrogen-bond donors (Lipinski definition) is 3. The first kappa shape index (κ1) is 9.67. The Kier molecular flexibility index (Phi) is 2.64. The Balaban J connectivity index is 2.09. The van der Waals surface area contributed by atoms with Crippen molar-refractivity contribution < 1.29 is 10.2 Å². The minimum atomic E-state index is -0.728. The second-order valence-electron chi connectivity index (χ2n) is 3.26. The Morgan fingerprint density at radius 2 is 2.27 bits per heavy atom. The van der Waals surface area contributed by atoms with Crippen molar-refractivity contribution in [1.29, 1.82) is 0 Å². The first-order valence-electron chi connectivity index (χ1n) is 4.57. The van der Waals surface area contributed by atoms with Gasteiger partial charge in [0.1, 0.15) is 18.2 Å². The average Bonchev–Trinajstić information content (AvgIpc) is 2.70. The molecule has 0 aliphatic heterocycles. The summed E-state index contributed by atoms with van der Waals surface area (Å²) in [5, 5.41) is 25.2. The number of aliphatic hydroxyl groups is 1. The van der Waals surface area contributed by atoms with Crippen LogP contribution in [-0.4, -0.2) is 25.4 Å². The van der Waals surface area contributed by atoms with Crippen LogP contribution in [0.4, 0.5) is 0 Å². The van der Waals surface area contributed by atoms with Gasteiger partial charge in [-0.25, -0.2) is 4.98 Å². The van der Waals surface area contributed by atoms with Crippen LogP contribution in [0, 0.1) is 0 Å². The highest BCUT2D eigenvalue weighted by Gasteiger charge is 2.11. The zero-order valence-corrected chi connectivity index (χ0v) is 7.96. The van der Waals surface area contributed by atoms with Crippen LogP contribution in [0.3, 0.4) is 0 Å². The minimum Gasteiger partial charge on any atom is -0.508 e. The van der Waals surface area contributed by atoms with E-state index in [-0.39, 0.29) is 5.75 Å². The number of aromatic hydroxyl groups is 1. The molecule has 0 saturated carbocycles. The van der Waals surface area contributed by atoms with Gasteiger partial charge in [-0.05, 0) is 17.7 Å². The maximum atomic E-state index is 9.74. The van der Waals surface area contributed by atoms with Gasteiger partial charge in [0.25, 0.3) is 0 Å². The molecule has 2 aromatic rings. The predicted molar refractivity (Wildman–Crippen MR) is 53.2 cm³/mol. The Labute approximate surface area is 86.4 Å². The molecule has 1 heterocycles. The molecular formula is C10H11N3O2. The zero-order chi connectivity index (χ0) is 10.7. The third-order valence-electron chi connectivity index (χ3n) is 2.09. The van der Waals surface area contributed by atoms with Gasteiger partial charge in [-0.3, -0.25) is 5.10 Å². The molecule has 3 N–H and O–H groups in total. The van der Waals surface area contributed by atoms with Crippen molar-refractivity contribution in [1.82, 2.24) is 15.2 Å². The Hall–Kier alpha value is -1.88. The first-order chi connectivity index (χ1) is 7.25. The molecule has 0 amide bonds. The van der Waals surface area contributed by atoms with Crippen LogP contribution < -0.4 is 0 Å². The van der Waals surface area contributed by atoms with Crippen molar-refractivity contribution in [3.8, 4) is 5.75 Å². The summed E-state index contributed by atoms with van der Waals surface area (Å²) in [6.45, 7) is 0. The Morgan fingerprint density at radius 3 is 2.93 bits per heavy atom. The summed E-state index contributed by atoms with van der Waals surface area (Å²) in [4.78, 5) is 3.86. The molecule has 5 heteroatoms. The largest absolute Gasteiger partial charge is 0.508 e. The highest BCUT2D eigenvalue weighted by atomic mass is 16.3. The lowest BCUT2D eigenvalue weighted by Crippen LogP contribution is -2.03. The van der Waals surface area contributed by atoms with E-state index < -0.39 is 6.10 Å². The number of aliphatic hydroxyl groups excluding tert-OH is 1. The van der Waals surface area contributed by atoms with Crippen molar-refractivity contribution in [2.24, 2.45) is 0 Å². The van der Waals surface area contributed by atoms with E-state index in [0.717, 1.165) is 5.56 Å². The highest BCUT2D eigenvalue weighted by Crippen LogP contribution is 2.17. The summed E-state index contributed by atoms with van der Waals surface area (Å²) in [6, 6.07) is 6.76. The third kappa shape index (κ3) is 2.32. The van der Waals surface area contributed by atoms with Crippen LogP contribution in [-0.2, 0) is 6.42 Å². The summed E-state index contributed by atoms with van der Waals surface area (Å²) in [5.41, 5.74) is 0.846.